The zero-order valence-corrected chi connectivity index (χ0v) is 18.9. The van der Waals surface area contributed by atoms with Gasteiger partial charge in [0, 0.05) is 16.8 Å². The van der Waals surface area contributed by atoms with E-state index < -0.39 is 0 Å². The van der Waals surface area contributed by atoms with Gasteiger partial charge < -0.3 is 9.15 Å². The molecule has 0 aliphatic heterocycles. The lowest BCUT2D eigenvalue weighted by atomic mass is 10.2. The molecule has 0 atom stereocenters. The third-order valence-corrected chi connectivity index (χ3v) is 5.92. The largest absolute Gasteiger partial charge is 0.497 e. The van der Waals surface area contributed by atoms with Gasteiger partial charge >= 0.3 is 0 Å². The van der Waals surface area contributed by atoms with Crippen molar-refractivity contribution in [3.05, 3.63) is 89.1 Å². The first-order valence-electron chi connectivity index (χ1n) is 9.79. The van der Waals surface area contributed by atoms with Gasteiger partial charge in [0.1, 0.15) is 11.5 Å². The lowest BCUT2D eigenvalue weighted by molar-refractivity contribution is 0.279. The minimum Gasteiger partial charge on any atom is -0.497 e. The highest BCUT2D eigenvalue weighted by Crippen LogP contribution is 2.28. The van der Waals surface area contributed by atoms with Crippen molar-refractivity contribution in [3.63, 3.8) is 0 Å². The molecule has 0 bridgehead atoms. The molecule has 6 nitrogen and oxygen atoms in total. The maximum absolute atomic E-state index is 6.14. The molecular formula is C23H23ClN4O2S. The summed E-state index contributed by atoms with van der Waals surface area (Å²) < 4.78 is 13.0. The Morgan fingerprint density at radius 1 is 1.06 bits per heavy atom. The second kappa shape index (κ2) is 10.0. The summed E-state index contributed by atoms with van der Waals surface area (Å²) >= 11 is 7.76. The minimum atomic E-state index is 0.614. The molecule has 31 heavy (non-hydrogen) atoms. The molecule has 0 aliphatic rings. The van der Waals surface area contributed by atoms with E-state index >= 15 is 0 Å². The monoisotopic (exact) mass is 454 g/mol. The molecule has 2 aromatic heterocycles. The van der Waals surface area contributed by atoms with E-state index in [4.69, 9.17) is 20.8 Å². The first kappa shape index (κ1) is 21.5. The van der Waals surface area contributed by atoms with Gasteiger partial charge in [0.2, 0.25) is 0 Å². The second-order valence-electron chi connectivity index (χ2n) is 7.11. The summed E-state index contributed by atoms with van der Waals surface area (Å²) in [6, 6.07) is 19.6. The molecule has 0 N–H and O–H groups in total. The van der Waals surface area contributed by atoms with Crippen LogP contribution in [0.4, 0.5) is 0 Å². The number of aromatic nitrogens is 3. The average Bonchev–Trinajstić information content (AvgIpc) is 3.42. The van der Waals surface area contributed by atoms with Crippen LogP contribution in [0.1, 0.15) is 17.1 Å². The van der Waals surface area contributed by atoms with Crippen molar-refractivity contribution in [3.8, 4) is 11.4 Å². The van der Waals surface area contributed by atoms with Crippen molar-refractivity contribution in [1.29, 1.82) is 0 Å². The molecule has 160 valence electrons. The van der Waals surface area contributed by atoms with E-state index in [1.165, 1.54) is 0 Å². The van der Waals surface area contributed by atoms with Crippen molar-refractivity contribution in [2.45, 2.75) is 24.0 Å². The molecule has 0 spiro atoms. The van der Waals surface area contributed by atoms with Crippen molar-refractivity contribution in [2.24, 2.45) is 0 Å². The smallest absolute Gasteiger partial charge is 0.196 e. The maximum atomic E-state index is 6.14. The van der Waals surface area contributed by atoms with E-state index in [9.17, 15) is 0 Å². The molecule has 0 fully saturated rings. The Kier molecular flexibility index (Phi) is 6.96. The molecule has 0 aliphatic carbocycles. The fraction of sp³-hybridized carbons (Fsp3) is 0.217. The van der Waals surface area contributed by atoms with E-state index in [0.29, 0.717) is 13.1 Å². The number of hydrogen-bond donors (Lipinski definition) is 0. The zero-order chi connectivity index (χ0) is 21.6. The van der Waals surface area contributed by atoms with E-state index in [1.54, 1.807) is 25.1 Å². The van der Waals surface area contributed by atoms with Crippen LogP contribution in [-0.2, 0) is 18.8 Å². The summed E-state index contributed by atoms with van der Waals surface area (Å²) in [7, 11) is 3.70. The van der Waals surface area contributed by atoms with Crippen molar-refractivity contribution < 1.29 is 9.15 Å². The number of furan rings is 1. The second-order valence-corrected chi connectivity index (χ2v) is 8.48. The van der Waals surface area contributed by atoms with Gasteiger partial charge in [-0.3, -0.25) is 9.47 Å². The summed E-state index contributed by atoms with van der Waals surface area (Å²) in [6.45, 7) is 1.30. The molecular weight excluding hydrogens is 432 g/mol. The van der Waals surface area contributed by atoms with Crippen molar-refractivity contribution in [2.75, 3.05) is 14.2 Å². The Morgan fingerprint density at radius 2 is 1.94 bits per heavy atom. The third kappa shape index (κ3) is 5.50. The SMILES string of the molecule is COc1cccc(-n2c(CN(C)Cc3ccco3)nnc2SCc2cccc(Cl)c2)c1. The Bertz CT molecular complexity index is 1130. The Hall–Kier alpha value is -2.74. The Labute approximate surface area is 190 Å². The highest BCUT2D eigenvalue weighted by molar-refractivity contribution is 7.98. The van der Waals surface area contributed by atoms with Crippen LogP contribution < -0.4 is 4.74 Å². The quantitative estimate of drug-likeness (QED) is 0.313. The predicted octanol–water partition coefficient (Wildman–Crippen LogP) is 5.45. The number of halogens is 1. The van der Waals surface area contributed by atoms with Gasteiger partial charge in [-0.15, -0.1) is 10.2 Å². The van der Waals surface area contributed by atoms with Crippen LogP contribution in [-0.4, -0.2) is 33.8 Å². The van der Waals surface area contributed by atoms with E-state index in [-0.39, 0.29) is 0 Å². The molecule has 2 aromatic carbocycles. The van der Waals surface area contributed by atoms with Gasteiger partial charge in [0.25, 0.3) is 0 Å². The molecule has 2 heterocycles. The lowest BCUT2D eigenvalue weighted by Crippen LogP contribution is -2.19. The van der Waals surface area contributed by atoms with Crippen molar-refractivity contribution >= 4 is 23.4 Å². The molecule has 0 radical (unpaired) electrons. The van der Waals surface area contributed by atoms with Crippen LogP contribution in [0.2, 0.25) is 5.02 Å². The standard InChI is InChI=1S/C23H23ClN4O2S/c1-27(14-21-10-5-11-30-21)15-22-25-26-23(31-16-17-6-3-7-18(24)12-17)28(22)19-8-4-9-20(13-19)29-2/h3-13H,14-16H2,1-2H3. The number of methoxy groups -OCH3 is 1. The molecule has 8 heteroatoms. The van der Waals surface area contributed by atoms with Crippen LogP contribution >= 0.6 is 23.4 Å². The van der Waals surface area contributed by atoms with E-state index in [0.717, 1.165) is 44.5 Å². The number of benzene rings is 2. The van der Waals surface area contributed by atoms with Crippen LogP contribution in [0.25, 0.3) is 5.69 Å². The van der Waals surface area contributed by atoms with Crippen LogP contribution in [0.5, 0.6) is 5.75 Å². The number of thioether (sulfide) groups is 1. The summed E-state index contributed by atoms with van der Waals surface area (Å²) in [5.74, 6) is 3.28. The predicted molar refractivity (Wildman–Crippen MR) is 123 cm³/mol. The summed E-state index contributed by atoms with van der Waals surface area (Å²) in [5, 5.41) is 10.5. The zero-order valence-electron chi connectivity index (χ0n) is 17.4. The van der Waals surface area contributed by atoms with E-state index in [1.807, 2.05) is 61.6 Å². The van der Waals surface area contributed by atoms with Crippen LogP contribution in [0.3, 0.4) is 0 Å². The normalized spacial score (nSPS) is 11.2. The third-order valence-electron chi connectivity index (χ3n) is 4.69. The average molecular weight is 455 g/mol. The topological polar surface area (TPSA) is 56.3 Å². The number of nitrogens with zero attached hydrogens (tertiary/aromatic N) is 4. The van der Waals surface area contributed by atoms with Gasteiger partial charge in [-0.2, -0.15) is 0 Å². The molecule has 4 aromatic rings. The van der Waals surface area contributed by atoms with Crippen molar-refractivity contribution in [1.82, 2.24) is 19.7 Å². The first-order valence-corrected chi connectivity index (χ1v) is 11.2. The molecule has 0 saturated carbocycles. The van der Waals surface area contributed by atoms with Gasteiger partial charge in [-0.1, -0.05) is 41.6 Å². The molecule has 0 saturated heterocycles. The molecule has 4 rings (SSSR count). The number of ether oxygens (including phenoxy) is 1. The van der Waals surface area contributed by atoms with Gasteiger partial charge in [0.15, 0.2) is 11.0 Å². The lowest BCUT2D eigenvalue weighted by Gasteiger charge is -2.16. The van der Waals surface area contributed by atoms with Crippen LogP contribution in [0.15, 0.2) is 76.5 Å². The maximum Gasteiger partial charge on any atom is 0.196 e. The van der Waals surface area contributed by atoms with Gasteiger partial charge in [-0.05, 0) is 49.0 Å². The fourth-order valence-corrected chi connectivity index (χ4v) is 4.37. The molecule has 0 unspecified atom stereocenters. The number of rotatable bonds is 9. The Morgan fingerprint density at radius 3 is 2.71 bits per heavy atom. The number of hydrogen-bond acceptors (Lipinski definition) is 6. The highest BCUT2D eigenvalue weighted by atomic mass is 35.5. The highest BCUT2D eigenvalue weighted by Gasteiger charge is 2.17. The van der Waals surface area contributed by atoms with Gasteiger partial charge in [0.05, 0.1) is 32.1 Å². The van der Waals surface area contributed by atoms with E-state index in [2.05, 4.69) is 25.7 Å². The summed E-state index contributed by atoms with van der Waals surface area (Å²) in [5.41, 5.74) is 2.09. The minimum absolute atomic E-state index is 0.614. The fourth-order valence-electron chi connectivity index (χ4n) is 3.25. The van der Waals surface area contributed by atoms with Crippen LogP contribution in [0, 0.1) is 0 Å². The first-order chi connectivity index (χ1) is 15.1. The summed E-state index contributed by atoms with van der Waals surface area (Å²) in [6.07, 6.45) is 1.69. The summed E-state index contributed by atoms with van der Waals surface area (Å²) in [4.78, 5) is 2.14. The Balaban J connectivity index is 1.61. The molecule has 0 amide bonds. The van der Waals surface area contributed by atoms with Gasteiger partial charge in [-0.25, -0.2) is 0 Å².